The highest BCUT2D eigenvalue weighted by Crippen LogP contribution is 2.30. The molecule has 1 saturated heterocycles. The predicted molar refractivity (Wildman–Crippen MR) is 71.2 cm³/mol. The van der Waals surface area contributed by atoms with Gasteiger partial charge in [0.05, 0.1) is 12.5 Å². The number of ether oxygens (including phenoxy) is 1. The second-order valence-electron chi connectivity index (χ2n) is 5.31. The van der Waals surface area contributed by atoms with E-state index in [1.807, 2.05) is 24.3 Å². The number of fused-ring (bicyclic) bond motifs is 1. The Morgan fingerprint density at radius 2 is 2.10 bits per heavy atom. The molecule has 0 unspecified atom stereocenters. The van der Waals surface area contributed by atoms with Crippen LogP contribution in [0.5, 0.6) is 0 Å². The Bertz CT molecular complexity index is 542. The molecule has 5 heteroatoms. The quantitative estimate of drug-likeness (QED) is 0.881. The van der Waals surface area contributed by atoms with Crippen LogP contribution < -0.4 is 0 Å². The fourth-order valence-electron chi connectivity index (χ4n) is 2.93. The number of carbonyl (C=O) groups is 2. The molecular formula is C15H17NO4. The Labute approximate surface area is 117 Å². The smallest absolute Gasteiger partial charge is 0.308 e. The van der Waals surface area contributed by atoms with Crippen molar-refractivity contribution in [2.75, 3.05) is 19.7 Å². The lowest BCUT2D eigenvalue weighted by Crippen LogP contribution is -2.37. The molecule has 1 fully saturated rings. The van der Waals surface area contributed by atoms with Crippen molar-refractivity contribution in [2.45, 2.75) is 18.9 Å². The van der Waals surface area contributed by atoms with Gasteiger partial charge in [-0.2, -0.15) is 0 Å². The SMILES string of the molecule is O=C(O)[C@H]1CCN(C(=O)[C@H]2OCCc3ccccc32)C1. The third-order valence-corrected chi connectivity index (χ3v) is 4.07. The van der Waals surface area contributed by atoms with E-state index in [0.29, 0.717) is 19.6 Å². The second-order valence-corrected chi connectivity index (χ2v) is 5.31. The Morgan fingerprint density at radius 1 is 1.30 bits per heavy atom. The van der Waals surface area contributed by atoms with Crippen molar-refractivity contribution in [1.29, 1.82) is 0 Å². The maximum absolute atomic E-state index is 12.5. The van der Waals surface area contributed by atoms with Gasteiger partial charge >= 0.3 is 5.97 Å². The normalized spacial score (nSPS) is 25.3. The number of hydrogen-bond acceptors (Lipinski definition) is 3. The third kappa shape index (κ3) is 2.29. The van der Waals surface area contributed by atoms with E-state index in [0.717, 1.165) is 17.5 Å². The average molecular weight is 275 g/mol. The number of likely N-dealkylation sites (tertiary alicyclic amines) is 1. The second kappa shape index (κ2) is 5.25. The van der Waals surface area contributed by atoms with E-state index in [4.69, 9.17) is 9.84 Å². The monoisotopic (exact) mass is 275 g/mol. The molecule has 20 heavy (non-hydrogen) atoms. The molecule has 2 aliphatic heterocycles. The summed E-state index contributed by atoms with van der Waals surface area (Å²) in [6, 6.07) is 7.80. The van der Waals surface area contributed by atoms with Crippen LogP contribution >= 0.6 is 0 Å². The maximum Gasteiger partial charge on any atom is 0.308 e. The van der Waals surface area contributed by atoms with E-state index in [-0.39, 0.29) is 12.5 Å². The number of amides is 1. The molecule has 5 nitrogen and oxygen atoms in total. The van der Waals surface area contributed by atoms with Crippen LogP contribution in [0.3, 0.4) is 0 Å². The number of nitrogens with zero attached hydrogens (tertiary/aromatic N) is 1. The first-order chi connectivity index (χ1) is 9.66. The standard InChI is InChI=1S/C15H17NO4/c17-14(16-7-5-11(9-16)15(18)19)13-12-4-2-1-3-10(12)6-8-20-13/h1-4,11,13H,5-9H2,(H,18,19)/t11-,13-/m0/s1. The van der Waals surface area contributed by atoms with Gasteiger partial charge in [-0.3, -0.25) is 9.59 Å². The number of carbonyl (C=O) groups excluding carboxylic acids is 1. The minimum absolute atomic E-state index is 0.110. The summed E-state index contributed by atoms with van der Waals surface area (Å²) in [5.41, 5.74) is 2.06. The first kappa shape index (κ1) is 13.1. The summed E-state index contributed by atoms with van der Waals surface area (Å²) in [7, 11) is 0. The van der Waals surface area contributed by atoms with Crippen LogP contribution in [0.4, 0.5) is 0 Å². The zero-order chi connectivity index (χ0) is 14.1. The molecule has 1 aromatic rings. The highest BCUT2D eigenvalue weighted by atomic mass is 16.5. The Hall–Kier alpha value is -1.88. The van der Waals surface area contributed by atoms with Gasteiger partial charge < -0.3 is 14.7 Å². The van der Waals surface area contributed by atoms with Crippen LogP contribution in [0, 0.1) is 5.92 Å². The highest BCUT2D eigenvalue weighted by molar-refractivity contribution is 5.84. The molecule has 0 aromatic heterocycles. The van der Waals surface area contributed by atoms with E-state index in [1.54, 1.807) is 4.90 Å². The maximum atomic E-state index is 12.5. The van der Waals surface area contributed by atoms with Crippen molar-refractivity contribution in [1.82, 2.24) is 4.90 Å². The first-order valence-corrected chi connectivity index (χ1v) is 6.88. The van der Waals surface area contributed by atoms with Crippen molar-refractivity contribution in [3.63, 3.8) is 0 Å². The lowest BCUT2D eigenvalue weighted by Gasteiger charge is -2.28. The molecule has 0 spiro atoms. The fraction of sp³-hybridized carbons (Fsp3) is 0.467. The molecule has 2 heterocycles. The number of carboxylic acids is 1. The van der Waals surface area contributed by atoms with Crippen molar-refractivity contribution < 1.29 is 19.4 Å². The van der Waals surface area contributed by atoms with Crippen molar-refractivity contribution in [3.05, 3.63) is 35.4 Å². The molecule has 1 N–H and O–H groups in total. The highest BCUT2D eigenvalue weighted by Gasteiger charge is 2.36. The minimum Gasteiger partial charge on any atom is -0.481 e. The van der Waals surface area contributed by atoms with Gasteiger partial charge in [0.1, 0.15) is 0 Å². The van der Waals surface area contributed by atoms with Crippen LogP contribution in [0.2, 0.25) is 0 Å². The van der Waals surface area contributed by atoms with Gasteiger partial charge in [-0.15, -0.1) is 0 Å². The zero-order valence-electron chi connectivity index (χ0n) is 11.1. The fourth-order valence-corrected chi connectivity index (χ4v) is 2.93. The van der Waals surface area contributed by atoms with Gasteiger partial charge in [-0.25, -0.2) is 0 Å². The Kier molecular flexibility index (Phi) is 3.44. The van der Waals surface area contributed by atoms with E-state index < -0.39 is 18.0 Å². The van der Waals surface area contributed by atoms with E-state index in [1.165, 1.54) is 0 Å². The number of carboxylic acid groups (broad SMARTS) is 1. The van der Waals surface area contributed by atoms with Crippen LogP contribution in [0.15, 0.2) is 24.3 Å². The number of aliphatic carboxylic acids is 1. The number of rotatable bonds is 2. The largest absolute Gasteiger partial charge is 0.481 e. The minimum atomic E-state index is -0.828. The molecule has 1 aromatic carbocycles. The van der Waals surface area contributed by atoms with Crippen molar-refractivity contribution in [3.8, 4) is 0 Å². The Balaban J connectivity index is 1.78. The molecule has 0 radical (unpaired) electrons. The summed E-state index contributed by atoms with van der Waals surface area (Å²) in [5.74, 6) is -1.39. The van der Waals surface area contributed by atoms with Gasteiger partial charge in [0.2, 0.25) is 0 Å². The average Bonchev–Trinajstić information content (AvgIpc) is 2.96. The Morgan fingerprint density at radius 3 is 2.85 bits per heavy atom. The zero-order valence-corrected chi connectivity index (χ0v) is 11.1. The van der Waals surface area contributed by atoms with Gasteiger partial charge in [0, 0.05) is 13.1 Å². The molecule has 0 saturated carbocycles. The molecule has 106 valence electrons. The summed E-state index contributed by atoms with van der Waals surface area (Å²) >= 11 is 0. The summed E-state index contributed by atoms with van der Waals surface area (Å²) in [6.45, 7) is 1.32. The van der Waals surface area contributed by atoms with Gasteiger partial charge in [0.25, 0.3) is 5.91 Å². The third-order valence-electron chi connectivity index (χ3n) is 4.07. The molecule has 0 bridgehead atoms. The molecular weight excluding hydrogens is 258 g/mol. The summed E-state index contributed by atoms with van der Waals surface area (Å²) in [5, 5.41) is 9.01. The van der Waals surface area contributed by atoms with E-state index in [2.05, 4.69) is 0 Å². The summed E-state index contributed by atoms with van der Waals surface area (Å²) < 4.78 is 5.64. The van der Waals surface area contributed by atoms with Crippen LogP contribution in [0.25, 0.3) is 0 Å². The molecule has 3 rings (SSSR count). The van der Waals surface area contributed by atoms with Crippen molar-refractivity contribution in [2.24, 2.45) is 5.92 Å². The first-order valence-electron chi connectivity index (χ1n) is 6.88. The van der Waals surface area contributed by atoms with E-state index in [9.17, 15) is 9.59 Å². The summed E-state index contributed by atoms with van der Waals surface area (Å²) in [6.07, 6.45) is 0.764. The number of benzene rings is 1. The van der Waals surface area contributed by atoms with Crippen LogP contribution in [0.1, 0.15) is 23.7 Å². The predicted octanol–water partition coefficient (Wildman–Crippen LogP) is 1.23. The van der Waals surface area contributed by atoms with Gasteiger partial charge in [0.15, 0.2) is 6.10 Å². The topological polar surface area (TPSA) is 66.8 Å². The van der Waals surface area contributed by atoms with Crippen LogP contribution in [-0.2, 0) is 20.7 Å². The molecule has 2 aliphatic rings. The van der Waals surface area contributed by atoms with Gasteiger partial charge in [-0.1, -0.05) is 24.3 Å². The molecule has 2 atom stereocenters. The summed E-state index contributed by atoms with van der Waals surface area (Å²) in [4.78, 5) is 25.1. The lowest BCUT2D eigenvalue weighted by atomic mass is 9.97. The van der Waals surface area contributed by atoms with Gasteiger partial charge in [-0.05, 0) is 24.0 Å². The molecule has 0 aliphatic carbocycles. The number of hydrogen-bond donors (Lipinski definition) is 1. The van der Waals surface area contributed by atoms with E-state index >= 15 is 0 Å². The van der Waals surface area contributed by atoms with Crippen molar-refractivity contribution >= 4 is 11.9 Å². The lowest BCUT2D eigenvalue weighted by molar-refractivity contribution is -0.145. The molecule has 1 amide bonds. The van der Waals surface area contributed by atoms with Crippen LogP contribution in [-0.4, -0.2) is 41.6 Å².